The molecule has 3 rings (SSSR count). The van der Waals surface area contributed by atoms with Crippen molar-refractivity contribution in [2.24, 2.45) is 0 Å². The zero-order valence-electron chi connectivity index (χ0n) is 15.2. The molecule has 1 aliphatic rings. The molecule has 1 aliphatic heterocycles. The predicted octanol–water partition coefficient (Wildman–Crippen LogP) is 4.03. The fraction of sp³-hybridized carbons (Fsp3) is 0.318. The fourth-order valence-electron chi connectivity index (χ4n) is 3.24. The molecular formula is C22H25N3O. The standard InChI is InChI=1S/C22H25N3O/c1-17(13-18-5-3-2-4-6-18)16-24-20-7-8-22(19(14-20)15-23)25-11-9-21(26)10-12-25/h2-8,13-14,21,24,26H,9-12,16H2,1H3/b17-13-. The third-order valence-electron chi connectivity index (χ3n) is 4.71. The van der Waals surface area contributed by atoms with Gasteiger partial charge >= 0.3 is 0 Å². The first-order chi connectivity index (χ1) is 12.7. The van der Waals surface area contributed by atoms with Crippen LogP contribution in [-0.4, -0.2) is 30.8 Å². The van der Waals surface area contributed by atoms with Crippen molar-refractivity contribution < 1.29 is 5.11 Å². The Kier molecular flexibility index (Phi) is 5.93. The van der Waals surface area contributed by atoms with Crippen LogP contribution in [0.15, 0.2) is 54.1 Å². The third-order valence-corrected chi connectivity index (χ3v) is 4.71. The summed E-state index contributed by atoms with van der Waals surface area (Å²) in [5.41, 5.74) is 5.00. The van der Waals surface area contributed by atoms with Gasteiger partial charge in [0, 0.05) is 25.3 Å². The minimum Gasteiger partial charge on any atom is -0.393 e. The molecule has 0 aromatic heterocycles. The Labute approximate surface area is 155 Å². The molecule has 0 unspecified atom stereocenters. The first kappa shape index (κ1) is 18.0. The number of anilines is 2. The van der Waals surface area contributed by atoms with E-state index in [0.29, 0.717) is 5.56 Å². The van der Waals surface area contributed by atoms with E-state index in [1.165, 1.54) is 11.1 Å². The summed E-state index contributed by atoms with van der Waals surface area (Å²) in [6, 6.07) is 18.5. The molecule has 0 radical (unpaired) electrons. The van der Waals surface area contributed by atoms with Crippen LogP contribution in [0.2, 0.25) is 0 Å². The molecule has 2 aromatic carbocycles. The normalized spacial score (nSPS) is 15.6. The van der Waals surface area contributed by atoms with E-state index in [2.05, 4.69) is 41.4 Å². The number of nitrogens with zero attached hydrogens (tertiary/aromatic N) is 2. The molecule has 1 saturated heterocycles. The second kappa shape index (κ2) is 8.55. The van der Waals surface area contributed by atoms with Gasteiger partial charge in [-0.2, -0.15) is 5.26 Å². The van der Waals surface area contributed by atoms with Gasteiger partial charge in [0.2, 0.25) is 0 Å². The summed E-state index contributed by atoms with van der Waals surface area (Å²) in [7, 11) is 0. The van der Waals surface area contributed by atoms with Crippen molar-refractivity contribution in [2.45, 2.75) is 25.9 Å². The van der Waals surface area contributed by atoms with E-state index in [0.717, 1.165) is 43.9 Å². The molecule has 134 valence electrons. The summed E-state index contributed by atoms with van der Waals surface area (Å²) in [6.45, 7) is 4.41. The average molecular weight is 347 g/mol. The van der Waals surface area contributed by atoms with Crippen LogP contribution >= 0.6 is 0 Å². The van der Waals surface area contributed by atoms with E-state index in [-0.39, 0.29) is 6.10 Å². The fourth-order valence-corrected chi connectivity index (χ4v) is 3.24. The second-order valence-electron chi connectivity index (χ2n) is 6.82. The van der Waals surface area contributed by atoms with Crippen LogP contribution in [0.1, 0.15) is 30.9 Å². The van der Waals surface area contributed by atoms with E-state index >= 15 is 0 Å². The average Bonchev–Trinajstić information content (AvgIpc) is 2.67. The topological polar surface area (TPSA) is 59.3 Å². The van der Waals surface area contributed by atoms with Gasteiger partial charge in [0.05, 0.1) is 17.4 Å². The highest BCUT2D eigenvalue weighted by atomic mass is 16.3. The van der Waals surface area contributed by atoms with Gasteiger partial charge in [0.1, 0.15) is 6.07 Å². The lowest BCUT2D eigenvalue weighted by molar-refractivity contribution is 0.145. The molecule has 0 aliphatic carbocycles. The number of nitrogens with one attached hydrogen (secondary N) is 1. The van der Waals surface area contributed by atoms with Crippen molar-refractivity contribution in [1.29, 1.82) is 5.26 Å². The summed E-state index contributed by atoms with van der Waals surface area (Å²) in [4.78, 5) is 2.19. The molecule has 26 heavy (non-hydrogen) atoms. The summed E-state index contributed by atoms with van der Waals surface area (Å²) < 4.78 is 0. The quantitative estimate of drug-likeness (QED) is 0.857. The number of aliphatic hydroxyl groups is 1. The van der Waals surface area contributed by atoms with Crippen LogP contribution < -0.4 is 10.2 Å². The number of aliphatic hydroxyl groups excluding tert-OH is 1. The SMILES string of the molecule is C/C(=C/c1ccccc1)CNc1ccc(N2CCC(O)CC2)c(C#N)c1. The maximum atomic E-state index is 9.67. The monoisotopic (exact) mass is 347 g/mol. The molecule has 0 atom stereocenters. The van der Waals surface area contributed by atoms with Gasteiger partial charge < -0.3 is 15.3 Å². The van der Waals surface area contributed by atoms with Crippen LogP contribution in [0.5, 0.6) is 0 Å². The smallest absolute Gasteiger partial charge is 0.101 e. The van der Waals surface area contributed by atoms with Gasteiger partial charge in [0.15, 0.2) is 0 Å². The van der Waals surface area contributed by atoms with E-state index in [1.54, 1.807) is 0 Å². The first-order valence-electron chi connectivity index (χ1n) is 9.09. The minimum absolute atomic E-state index is 0.211. The summed E-state index contributed by atoms with van der Waals surface area (Å²) >= 11 is 0. The summed E-state index contributed by atoms with van der Waals surface area (Å²) in [5.74, 6) is 0. The van der Waals surface area contributed by atoms with Gasteiger partial charge in [0.25, 0.3) is 0 Å². The highest BCUT2D eigenvalue weighted by Crippen LogP contribution is 2.26. The maximum Gasteiger partial charge on any atom is 0.101 e. The molecule has 0 saturated carbocycles. The summed E-state index contributed by atoms with van der Waals surface area (Å²) in [5, 5.41) is 22.6. The van der Waals surface area contributed by atoms with Gasteiger partial charge in [-0.25, -0.2) is 0 Å². The van der Waals surface area contributed by atoms with E-state index in [1.807, 2.05) is 36.4 Å². The number of hydrogen-bond acceptors (Lipinski definition) is 4. The van der Waals surface area contributed by atoms with Crippen LogP contribution in [0, 0.1) is 11.3 Å². The van der Waals surface area contributed by atoms with Crippen molar-refractivity contribution in [3.05, 3.63) is 65.2 Å². The lowest BCUT2D eigenvalue weighted by Gasteiger charge is -2.32. The molecule has 0 amide bonds. The van der Waals surface area contributed by atoms with E-state index in [9.17, 15) is 10.4 Å². The predicted molar refractivity (Wildman–Crippen MR) is 107 cm³/mol. The van der Waals surface area contributed by atoms with Crippen molar-refractivity contribution >= 4 is 17.5 Å². The molecule has 0 spiro atoms. The third kappa shape index (κ3) is 4.65. The Hall–Kier alpha value is -2.77. The molecule has 4 nitrogen and oxygen atoms in total. The molecule has 1 fully saturated rings. The Morgan fingerprint density at radius 1 is 1.23 bits per heavy atom. The Bertz CT molecular complexity index is 800. The van der Waals surface area contributed by atoms with Crippen LogP contribution in [0.3, 0.4) is 0 Å². The highest BCUT2D eigenvalue weighted by Gasteiger charge is 2.19. The number of benzene rings is 2. The largest absolute Gasteiger partial charge is 0.393 e. The van der Waals surface area contributed by atoms with Crippen molar-refractivity contribution in [2.75, 3.05) is 29.9 Å². The molecule has 1 heterocycles. The number of hydrogen-bond donors (Lipinski definition) is 2. The maximum absolute atomic E-state index is 9.67. The van der Waals surface area contributed by atoms with Gasteiger partial charge in [-0.3, -0.25) is 0 Å². The molecule has 2 aromatic rings. The van der Waals surface area contributed by atoms with Gasteiger partial charge in [-0.1, -0.05) is 42.0 Å². The Balaban J connectivity index is 1.66. The number of nitriles is 1. The lowest BCUT2D eigenvalue weighted by atomic mass is 10.0. The van der Waals surface area contributed by atoms with Crippen LogP contribution in [0.25, 0.3) is 6.08 Å². The Morgan fingerprint density at radius 2 is 1.96 bits per heavy atom. The van der Waals surface area contributed by atoms with Crippen molar-refractivity contribution in [3.63, 3.8) is 0 Å². The first-order valence-corrected chi connectivity index (χ1v) is 9.09. The molecule has 2 N–H and O–H groups in total. The van der Waals surface area contributed by atoms with Gasteiger partial charge in [-0.05, 0) is 43.5 Å². The molecule has 4 heteroatoms. The lowest BCUT2D eigenvalue weighted by Crippen LogP contribution is -2.36. The van der Waals surface area contributed by atoms with Crippen molar-refractivity contribution in [3.8, 4) is 6.07 Å². The minimum atomic E-state index is -0.211. The zero-order chi connectivity index (χ0) is 18.4. The molecular weight excluding hydrogens is 322 g/mol. The van der Waals surface area contributed by atoms with Crippen LogP contribution in [-0.2, 0) is 0 Å². The summed E-state index contributed by atoms with van der Waals surface area (Å²) in [6.07, 6.45) is 3.46. The van der Waals surface area contributed by atoms with Crippen molar-refractivity contribution in [1.82, 2.24) is 0 Å². The number of piperidine rings is 1. The van der Waals surface area contributed by atoms with Gasteiger partial charge in [-0.15, -0.1) is 0 Å². The number of rotatable bonds is 5. The van der Waals surface area contributed by atoms with E-state index in [4.69, 9.17) is 0 Å². The molecule has 0 bridgehead atoms. The zero-order valence-corrected chi connectivity index (χ0v) is 15.2. The second-order valence-corrected chi connectivity index (χ2v) is 6.82. The van der Waals surface area contributed by atoms with Crippen LogP contribution in [0.4, 0.5) is 11.4 Å². The Morgan fingerprint density at radius 3 is 2.65 bits per heavy atom. The highest BCUT2D eigenvalue weighted by molar-refractivity contribution is 5.66. The van der Waals surface area contributed by atoms with E-state index < -0.39 is 0 Å².